The quantitative estimate of drug-likeness (QED) is 0.405. The largest absolute Gasteiger partial charge is 0.397 e. The Morgan fingerprint density at radius 2 is 1.90 bits per heavy atom. The number of hydrogen-bond donors (Lipinski definition) is 1. The van der Waals surface area contributed by atoms with Crippen LogP contribution in [0, 0.1) is 27.3 Å². The Bertz CT molecular complexity index is 764. The summed E-state index contributed by atoms with van der Waals surface area (Å²) in [5, 5.41) is 20.3. The fraction of sp³-hybridized carbons (Fsp3) is 0. The third-order valence-electron chi connectivity index (χ3n) is 2.89. The Morgan fingerprint density at radius 1 is 1.24 bits per heavy atom. The van der Waals surface area contributed by atoms with Crippen LogP contribution in [0.5, 0.6) is 0 Å². The predicted molar refractivity (Wildman–Crippen MR) is 76.1 cm³/mol. The van der Waals surface area contributed by atoms with Crippen LogP contribution < -0.4 is 5.73 Å². The van der Waals surface area contributed by atoms with Gasteiger partial charge in [0.25, 0.3) is 5.69 Å². The molecule has 0 aliphatic carbocycles. The van der Waals surface area contributed by atoms with Crippen molar-refractivity contribution in [2.75, 3.05) is 0 Å². The first-order valence-corrected chi connectivity index (χ1v) is 5.94. The van der Waals surface area contributed by atoms with Gasteiger partial charge < -0.3 is 5.73 Å². The van der Waals surface area contributed by atoms with Crippen molar-refractivity contribution < 1.29 is 9.31 Å². The van der Waals surface area contributed by atoms with Crippen molar-refractivity contribution in [2.45, 2.75) is 0 Å². The van der Waals surface area contributed by atoms with Gasteiger partial charge in [0, 0.05) is 6.07 Å². The van der Waals surface area contributed by atoms with Crippen LogP contribution in [0.4, 0.5) is 10.1 Å². The van der Waals surface area contributed by atoms with Crippen LogP contribution in [0.25, 0.3) is 11.3 Å². The third kappa shape index (κ3) is 2.87. The van der Waals surface area contributed by atoms with E-state index < -0.39 is 10.7 Å². The number of hydrogen-bond acceptors (Lipinski definition) is 4. The molecule has 0 aromatic heterocycles. The summed E-state index contributed by atoms with van der Waals surface area (Å²) in [6, 6.07) is 13.3. The summed E-state index contributed by atoms with van der Waals surface area (Å²) >= 11 is 0. The van der Waals surface area contributed by atoms with Gasteiger partial charge in [0.15, 0.2) is 0 Å². The van der Waals surface area contributed by atoms with E-state index in [-0.39, 0.29) is 22.5 Å². The minimum absolute atomic E-state index is 0.0595. The maximum Gasteiger partial charge on any atom is 0.278 e. The van der Waals surface area contributed by atoms with Gasteiger partial charge in [-0.1, -0.05) is 30.3 Å². The molecule has 0 fully saturated rings. The average molecular weight is 283 g/mol. The fourth-order valence-electron chi connectivity index (χ4n) is 1.90. The molecule has 104 valence electrons. The highest BCUT2D eigenvalue weighted by Gasteiger charge is 2.19. The molecule has 0 saturated heterocycles. The van der Waals surface area contributed by atoms with Gasteiger partial charge in [0.1, 0.15) is 11.9 Å². The topological polar surface area (TPSA) is 93.0 Å². The molecule has 0 atom stereocenters. The zero-order valence-corrected chi connectivity index (χ0v) is 10.8. The van der Waals surface area contributed by atoms with E-state index in [1.807, 2.05) is 6.07 Å². The van der Waals surface area contributed by atoms with Gasteiger partial charge in [0.05, 0.1) is 21.8 Å². The van der Waals surface area contributed by atoms with Crippen LogP contribution in [-0.2, 0) is 0 Å². The maximum atomic E-state index is 13.4. The number of benzene rings is 2. The summed E-state index contributed by atoms with van der Waals surface area (Å²) in [4.78, 5) is 10.3. The number of rotatable bonds is 3. The van der Waals surface area contributed by atoms with E-state index in [1.165, 1.54) is 0 Å². The maximum absolute atomic E-state index is 13.4. The van der Waals surface area contributed by atoms with Crippen molar-refractivity contribution >= 4 is 17.0 Å². The van der Waals surface area contributed by atoms with Gasteiger partial charge in [0.2, 0.25) is 0 Å². The second kappa shape index (κ2) is 5.84. The van der Waals surface area contributed by atoms with E-state index in [2.05, 4.69) is 0 Å². The molecule has 0 spiro atoms. The fourth-order valence-corrected chi connectivity index (χ4v) is 1.90. The molecular weight excluding hydrogens is 273 g/mol. The number of nitrogens with zero attached hydrogens (tertiary/aromatic N) is 2. The third-order valence-corrected chi connectivity index (χ3v) is 2.89. The second-order valence-electron chi connectivity index (χ2n) is 4.19. The number of nitro benzene ring substituents is 1. The van der Waals surface area contributed by atoms with Gasteiger partial charge in [-0.2, -0.15) is 5.26 Å². The Labute approximate surface area is 119 Å². The van der Waals surface area contributed by atoms with Gasteiger partial charge >= 0.3 is 0 Å². The number of nitro groups is 1. The molecule has 0 saturated carbocycles. The highest BCUT2D eigenvalue weighted by Crippen LogP contribution is 2.29. The zero-order valence-electron chi connectivity index (χ0n) is 10.8. The van der Waals surface area contributed by atoms with Crippen LogP contribution >= 0.6 is 0 Å². The summed E-state index contributed by atoms with van der Waals surface area (Å²) in [5.74, 6) is -0.663. The predicted octanol–water partition coefficient (Wildman–Crippen LogP) is 3.08. The second-order valence-corrected chi connectivity index (χ2v) is 4.19. The van der Waals surface area contributed by atoms with Crippen molar-refractivity contribution in [1.29, 1.82) is 5.26 Å². The van der Waals surface area contributed by atoms with Crippen molar-refractivity contribution in [3.63, 3.8) is 0 Å². The van der Waals surface area contributed by atoms with Gasteiger partial charge in [-0.05, 0) is 17.7 Å². The van der Waals surface area contributed by atoms with E-state index in [4.69, 9.17) is 5.73 Å². The van der Waals surface area contributed by atoms with Crippen molar-refractivity contribution in [1.82, 2.24) is 0 Å². The van der Waals surface area contributed by atoms with E-state index in [0.29, 0.717) is 5.56 Å². The Morgan fingerprint density at radius 3 is 2.48 bits per heavy atom. The van der Waals surface area contributed by atoms with Crippen LogP contribution in [0.15, 0.2) is 48.5 Å². The van der Waals surface area contributed by atoms with E-state index in [1.54, 1.807) is 30.3 Å². The minimum atomic E-state index is -0.665. The zero-order chi connectivity index (χ0) is 15.4. The summed E-state index contributed by atoms with van der Waals surface area (Å²) in [7, 11) is 0. The Balaban J connectivity index is 2.70. The molecule has 2 N–H and O–H groups in total. The van der Waals surface area contributed by atoms with Gasteiger partial charge in [-0.25, -0.2) is 4.39 Å². The van der Waals surface area contributed by atoms with Gasteiger partial charge in [-0.15, -0.1) is 0 Å². The first kappa shape index (κ1) is 14.2. The molecule has 2 aromatic carbocycles. The molecule has 0 heterocycles. The highest BCUT2D eigenvalue weighted by molar-refractivity contribution is 5.97. The molecule has 0 radical (unpaired) electrons. The number of nitriles is 1. The molecule has 0 aliphatic rings. The lowest BCUT2D eigenvalue weighted by atomic mass is 10.00. The van der Waals surface area contributed by atoms with Crippen LogP contribution in [0.2, 0.25) is 0 Å². The standard InChI is InChI=1S/C15H10FN3O2/c16-11-6-7-14(19(20)21)12(8-11)15(18)13(9-17)10-4-2-1-3-5-10/h1-8H,18H2/b15-13-. The van der Waals surface area contributed by atoms with Crippen molar-refractivity contribution in [3.05, 3.63) is 75.6 Å². The normalized spacial score (nSPS) is 11.4. The first-order chi connectivity index (χ1) is 10.0. The lowest BCUT2D eigenvalue weighted by Gasteiger charge is -2.07. The molecule has 2 aromatic rings. The molecule has 0 unspecified atom stereocenters. The smallest absolute Gasteiger partial charge is 0.278 e. The molecule has 5 nitrogen and oxygen atoms in total. The van der Waals surface area contributed by atoms with E-state index >= 15 is 0 Å². The molecule has 0 bridgehead atoms. The summed E-state index contributed by atoms with van der Waals surface area (Å²) in [6.45, 7) is 0. The number of nitrogens with two attached hydrogens (primary N) is 1. The SMILES string of the molecule is N#C/C(=C(/N)c1cc(F)ccc1[N+](=O)[O-])c1ccccc1. The van der Waals surface area contributed by atoms with Crippen LogP contribution in [-0.4, -0.2) is 4.92 Å². The molecule has 2 rings (SSSR count). The molecule has 21 heavy (non-hydrogen) atoms. The first-order valence-electron chi connectivity index (χ1n) is 5.94. The Hall–Kier alpha value is -3.20. The number of halogens is 1. The van der Waals surface area contributed by atoms with Gasteiger partial charge in [-0.3, -0.25) is 10.1 Å². The van der Waals surface area contributed by atoms with Crippen LogP contribution in [0.3, 0.4) is 0 Å². The average Bonchev–Trinajstić information content (AvgIpc) is 2.48. The lowest BCUT2D eigenvalue weighted by Crippen LogP contribution is -2.05. The molecular formula is C15H10FN3O2. The van der Waals surface area contributed by atoms with E-state index in [0.717, 1.165) is 18.2 Å². The molecule has 0 amide bonds. The minimum Gasteiger partial charge on any atom is -0.397 e. The number of allylic oxidation sites excluding steroid dienone is 1. The monoisotopic (exact) mass is 283 g/mol. The van der Waals surface area contributed by atoms with Crippen LogP contribution in [0.1, 0.15) is 11.1 Å². The summed E-state index contributed by atoms with van der Waals surface area (Å²) < 4.78 is 13.4. The highest BCUT2D eigenvalue weighted by atomic mass is 19.1. The molecule has 0 aliphatic heterocycles. The Kier molecular flexibility index (Phi) is 3.95. The summed E-state index contributed by atoms with van der Waals surface area (Å²) in [5.41, 5.74) is 5.86. The lowest BCUT2D eigenvalue weighted by molar-refractivity contribution is -0.385. The van der Waals surface area contributed by atoms with Crippen molar-refractivity contribution in [3.8, 4) is 6.07 Å². The molecule has 6 heteroatoms. The summed E-state index contributed by atoms with van der Waals surface area (Å²) in [6.07, 6.45) is 0. The van der Waals surface area contributed by atoms with Crippen molar-refractivity contribution in [2.24, 2.45) is 5.73 Å². The van der Waals surface area contributed by atoms with E-state index in [9.17, 15) is 19.8 Å².